The van der Waals surface area contributed by atoms with Crippen molar-refractivity contribution < 1.29 is 9.53 Å². The summed E-state index contributed by atoms with van der Waals surface area (Å²) in [5, 5.41) is 0. The highest BCUT2D eigenvalue weighted by atomic mass is 16.5. The van der Waals surface area contributed by atoms with E-state index in [-0.39, 0.29) is 12.1 Å². The zero-order valence-electron chi connectivity index (χ0n) is 14.8. The second-order valence-electron chi connectivity index (χ2n) is 6.46. The minimum atomic E-state index is -0.308. The van der Waals surface area contributed by atoms with Crippen molar-refractivity contribution in [1.29, 1.82) is 0 Å². The van der Waals surface area contributed by atoms with E-state index >= 15 is 0 Å². The Bertz CT molecular complexity index is 903. The normalized spacial score (nSPS) is 15.4. The Kier molecular flexibility index (Phi) is 4.44. The molecule has 1 unspecified atom stereocenters. The Hall–Kier alpha value is -3.07. The lowest BCUT2D eigenvalue weighted by molar-refractivity contribution is 0.0456. The Morgan fingerprint density at radius 2 is 1.58 bits per heavy atom. The van der Waals surface area contributed by atoms with Crippen LogP contribution in [0.1, 0.15) is 40.1 Å². The van der Waals surface area contributed by atoms with Gasteiger partial charge in [0.2, 0.25) is 0 Å². The number of anilines is 1. The van der Waals surface area contributed by atoms with Gasteiger partial charge in [0.15, 0.2) is 6.10 Å². The van der Waals surface area contributed by atoms with Gasteiger partial charge in [0.1, 0.15) is 0 Å². The average molecular weight is 343 g/mol. The molecule has 1 atom stereocenters. The molecule has 0 fully saturated rings. The van der Waals surface area contributed by atoms with Crippen LogP contribution < -0.4 is 4.90 Å². The number of esters is 1. The highest BCUT2D eigenvalue weighted by Crippen LogP contribution is 2.36. The molecule has 3 nitrogen and oxygen atoms in total. The maximum absolute atomic E-state index is 12.0. The van der Waals surface area contributed by atoms with Crippen molar-refractivity contribution in [3.63, 3.8) is 0 Å². The summed E-state index contributed by atoms with van der Waals surface area (Å²) in [5.74, 6) is -0.242. The van der Waals surface area contributed by atoms with Gasteiger partial charge in [-0.15, -0.1) is 0 Å². The standard InChI is InChI=1S/C23H21NO2/c1-2-24(16-17-8-4-3-5-9-17)19-14-12-18(13-15-19)22-20-10-6-7-11-21(20)23(25)26-22/h3-15,22H,2,16H2,1H3. The lowest BCUT2D eigenvalue weighted by atomic mass is 9.99. The lowest BCUT2D eigenvalue weighted by Gasteiger charge is -2.24. The number of cyclic esters (lactones) is 1. The first-order chi connectivity index (χ1) is 12.8. The summed E-state index contributed by atoms with van der Waals surface area (Å²) in [5.41, 5.74) is 5.07. The van der Waals surface area contributed by atoms with Crippen LogP contribution in [-0.4, -0.2) is 12.5 Å². The number of carbonyl (C=O) groups is 1. The lowest BCUT2D eigenvalue weighted by Crippen LogP contribution is -2.21. The van der Waals surface area contributed by atoms with E-state index in [4.69, 9.17) is 4.74 Å². The zero-order chi connectivity index (χ0) is 17.9. The first kappa shape index (κ1) is 16.4. The summed E-state index contributed by atoms with van der Waals surface area (Å²) in [6.07, 6.45) is -0.308. The van der Waals surface area contributed by atoms with Gasteiger partial charge >= 0.3 is 5.97 Å². The molecule has 3 heteroatoms. The van der Waals surface area contributed by atoms with Crippen LogP contribution in [0.2, 0.25) is 0 Å². The first-order valence-corrected chi connectivity index (χ1v) is 8.95. The van der Waals surface area contributed by atoms with Crippen LogP contribution >= 0.6 is 0 Å². The van der Waals surface area contributed by atoms with Crippen molar-refractivity contribution in [3.05, 3.63) is 101 Å². The molecule has 26 heavy (non-hydrogen) atoms. The third-order valence-electron chi connectivity index (χ3n) is 4.85. The summed E-state index contributed by atoms with van der Waals surface area (Å²) in [4.78, 5) is 14.4. The Morgan fingerprint density at radius 3 is 2.31 bits per heavy atom. The number of fused-ring (bicyclic) bond motifs is 1. The van der Waals surface area contributed by atoms with Crippen LogP contribution in [-0.2, 0) is 11.3 Å². The summed E-state index contributed by atoms with van der Waals surface area (Å²) in [6.45, 7) is 3.96. The number of hydrogen-bond acceptors (Lipinski definition) is 3. The Balaban J connectivity index is 1.56. The molecule has 3 aromatic carbocycles. The fourth-order valence-corrected chi connectivity index (χ4v) is 3.44. The number of rotatable bonds is 5. The third-order valence-corrected chi connectivity index (χ3v) is 4.85. The number of ether oxygens (including phenoxy) is 1. The molecule has 0 radical (unpaired) electrons. The predicted octanol–water partition coefficient (Wildman–Crippen LogP) is 4.97. The topological polar surface area (TPSA) is 29.5 Å². The van der Waals surface area contributed by atoms with Gasteiger partial charge in [0.05, 0.1) is 5.56 Å². The van der Waals surface area contributed by atoms with Gasteiger partial charge in [-0.3, -0.25) is 0 Å². The summed E-state index contributed by atoms with van der Waals surface area (Å²) in [7, 11) is 0. The van der Waals surface area contributed by atoms with E-state index in [1.807, 2.05) is 30.3 Å². The van der Waals surface area contributed by atoms with E-state index < -0.39 is 0 Å². The predicted molar refractivity (Wildman–Crippen MR) is 103 cm³/mol. The molecule has 0 spiro atoms. The average Bonchev–Trinajstić information content (AvgIpc) is 3.04. The van der Waals surface area contributed by atoms with Gasteiger partial charge in [0, 0.05) is 24.3 Å². The van der Waals surface area contributed by atoms with E-state index in [1.165, 1.54) is 5.56 Å². The largest absolute Gasteiger partial charge is 0.449 e. The van der Waals surface area contributed by atoms with Crippen LogP contribution in [0.5, 0.6) is 0 Å². The number of hydrogen-bond donors (Lipinski definition) is 0. The molecule has 0 aliphatic carbocycles. The molecule has 0 saturated heterocycles. The van der Waals surface area contributed by atoms with Crippen LogP contribution in [0.15, 0.2) is 78.9 Å². The van der Waals surface area contributed by atoms with E-state index in [9.17, 15) is 4.79 Å². The smallest absolute Gasteiger partial charge is 0.339 e. The van der Waals surface area contributed by atoms with Crippen LogP contribution in [0.25, 0.3) is 0 Å². The molecular formula is C23H21NO2. The summed E-state index contributed by atoms with van der Waals surface area (Å²) in [6, 6.07) is 26.4. The molecule has 1 aliphatic rings. The molecule has 1 aliphatic heterocycles. The minimum absolute atomic E-state index is 0.242. The van der Waals surface area contributed by atoms with Gasteiger partial charge in [-0.25, -0.2) is 4.79 Å². The van der Waals surface area contributed by atoms with E-state index in [0.717, 1.165) is 29.9 Å². The van der Waals surface area contributed by atoms with Gasteiger partial charge < -0.3 is 9.64 Å². The molecule has 0 amide bonds. The molecule has 0 N–H and O–H groups in total. The number of benzene rings is 3. The molecule has 0 aromatic heterocycles. The Morgan fingerprint density at radius 1 is 0.885 bits per heavy atom. The van der Waals surface area contributed by atoms with Crippen molar-refractivity contribution >= 4 is 11.7 Å². The van der Waals surface area contributed by atoms with E-state index in [0.29, 0.717) is 5.56 Å². The van der Waals surface area contributed by atoms with E-state index in [2.05, 4.69) is 60.4 Å². The summed E-state index contributed by atoms with van der Waals surface area (Å²) < 4.78 is 5.59. The fourth-order valence-electron chi connectivity index (χ4n) is 3.44. The van der Waals surface area contributed by atoms with E-state index in [1.54, 1.807) is 0 Å². The highest BCUT2D eigenvalue weighted by Gasteiger charge is 2.31. The Labute approximate surface area is 153 Å². The molecule has 0 bridgehead atoms. The van der Waals surface area contributed by atoms with Crippen molar-refractivity contribution in [3.8, 4) is 0 Å². The fraction of sp³-hybridized carbons (Fsp3) is 0.174. The van der Waals surface area contributed by atoms with Crippen LogP contribution in [0, 0.1) is 0 Å². The van der Waals surface area contributed by atoms with Gasteiger partial charge in [-0.1, -0.05) is 60.7 Å². The monoisotopic (exact) mass is 343 g/mol. The number of carbonyl (C=O) groups excluding carboxylic acids is 1. The van der Waals surface area contributed by atoms with Crippen LogP contribution in [0.4, 0.5) is 5.69 Å². The SMILES string of the molecule is CCN(Cc1ccccc1)c1ccc(C2OC(=O)c3ccccc32)cc1. The van der Waals surface area contributed by atoms with Gasteiger partial charge in [0.25, 0.3) is 0 Å². The molecule has 0 saturated carbocycles. The maximum Gasteiger partial charge on any atom is 0.339 e. The van der Waals surface area contributed by atoms with Gasteiger partial charge in [-0.05, 0) is 36.2 Å². The van der Waals surface area contributed by atoms with Crippen molar-refractivity contribution in [2.75, 3.05) is 11.4 Å². The van der Waals surface area contributed by atoms with Crippen molar-refractivity contribution in [1.82, 2.24) is 0 Å². The maximum atomic E-state index is 12.0. The second kappa shape index (κ2) is 7.04. The second-order valence-corrected chi connectivity index (χ2v) is 6.46. The number of nitrogens with zero attached hydrogens (tertiary/aromatic N) is 1. The molecule has 4 rings (SSSR count). The molecule has 1 heterocycles. The van der Waals surface area contributed by atoms with Crippen molar-refractivity contribution in [2.45, 2.75) is 19.6 Å². The quantitative estimate of drug-likeness (QED) is 0.612. The third kappa shape index (κ3) is 3.08. The molecule has 3 aromatic rings. The van der Waals surface area contributed by atoms with Crippen molar-refractivity contribution in [2.24, 2.45) is 0 Å². The first-order valence-electron chi connectivity index (χ1n) is 8.95. The molecule has 130 valence electrons. The molecular weight excluding hydrogens is 322 g/mol. The minimum Gasteiger partial charge on any atom is -0.449 e. The zero-order valence-corrected chi connectivity index (χ0v) is 14.8. The van der Waals surface area contributed by atoms with Gasteiger partial charge in [-0.2, -0.15) is 0 Å². The summed E-state index contributed by atoms with van der Waals surface area (Å²) >= 11 is 0. The highest BCUT2D eigenvalue weighted by molar-refractivity contribution is 5.94. The van der Waals surface area contributed by atoms with Crippen LogP contribution in [0.3, 0.4) is 0 Å².